The molecule has 2 aromatic carbocycles. The molecular weight excluding hydrogens is 339 g/mol. The molecular formula is C20H24ClFN2O. The van der Waals surface area contributed by atoms with E-state index in [2.05, 4.69) is 5.32 Å². The van der Waals surface area contributed by atoms with Gasteiger partial charge >= 0.3 is 0 Å². The zero-order valence-corrected chi connectivity index (χ0v) is 14.8. The minimum Gasteiger partial charge on any atom is -0.345 e. The number of nitrogens with one attached hydrogen (secondary N) is 1. The molecule has 25 heavy (non-hydrogen) atoms. The molecule has 3 N–H and O–H groups in total. The van der Waals surface area contributed by atoms with E-state index < -0.39 is 0 Å². The van der Waals surface area contributed by atoms with Crippen molar-refractivity contribution in [2.75, 3.05) is 6.54 Å². The first-order chi connectivity index (χ1) is 11.7. The Morgan fingerprint density at radius 2 is 1.84 bits per heavy atom. The lowest BCUT2D eigenvalue weighted by Gasteiger charge is -2.24. The zero-order chi connectivity index (χ0) is 16.9. The van der Waals surface area contributed by atoms with Crippen LogP contribution in [0, 0.1) is 17.7 Å². The molecule has 3 atom stereocenters. The molecule has 3 nitrogen and oxygen atoms in total. The van der Waals surface area contributed by atoms with E-state index in [1.807, 2.05) is 36.4 Å². The predicted octanol–water partition coefficient (Wildman–Crippen LogP) is 3.83. The number of nitrogens with two attached hydrogens (primary N) is 1. The molecule has 3 rings (SSSR count). The molecule has 2 aromatic rings. The van der Waals surface area contributed by atoms with Crippen LogP contribution >= 0.6 is 12.4 Å². The van der Waals surface area contributed by atoms with E-state index >= 15 is 0 Å². The Kier molecular flexibility index (Phi) is 6.97. The van der Waals surface area contributed by atoms with Crippen molar-refractivity contribution in [3.8, 4) is 0 Å². The topological polar surface area (TPSA) is 55.1 Å². The van der Waals surface area contributed by atoms with Crippen LogP contribution in [-0.4, -0.2) is 12.5 Å². The van der Waals surface area contributed by atoms with Crippen LogP contribution in [-0.2, 0) is 4.79 Å². The van der Waals surface area contributed by atoms with Gasteiger partial charge in [0.2, 0.25) is 5.91 Å². The normalized spacial score (nSPS) is 20.6. The summed E-state index contributed by atoms with van der Waals surface area (Å²) in [5.41, 5.74) is 7.50. The first-order valence-corrected chi connectivity index (χ1v) is 8.50. The molecule has 0 spiro atoms. The van der Waals surface area contributed by atoms with Crippen LogP contribution < -0.4 is 11.1 Å². The van der Waals surface area contributed by atoms with Crippen molar-refractivity contribution in [2.45, 2.75) is 25.3 Å². The average molecular weight is 363 g/mol. The number of hydrogen-bond acceptors (Lipinski definition) is 2. The van der Waals surface area contributed by atoms with Gasteiger partial charge in [-0.3, -0.25) is 4.79 Å². The molecule has 1 aliphatic carbocycles. The molecule has 5 heteroatoms. The molecule has 0 saturated heterocycles. The SMILES string of the molecule is Cl.NC[C@H]1CCC[C@H]1C(=O)NC(c1ccccc1)c1cccc(F)c1. The Labute approximate surface area is 154 Å². The number of halogens is 2. The summed E-state index contributed by atoms with van der Waals surface area (Å²) in [7, 11) is 0. The molecule has 0 radical (unpaired) electrons. The van der Waals surface area contributed by atoms with Crippen LogP contribution in [0.25, 0.3) is 0 Å². The molecule has 134 valence electrons. The summed E-state index contributed by atoms with van der Waals surface area (Å²) in [5, 5.41) is 3.12. The summed E-state index contributed by atoms with van der Waals surface area (Å²) in [4.78, 5) is 12.8. The zero-order valence-electron chi connectivity index (χ0n) is 14.0. The lowest BCUT2D eigenvalue weighted by atomic mass is 9.93. The highest BCUT2D eigenvalue weighted by molar-refractivity contribution is 5.85. The molecule has 1 unspecified atom stereocenters. The number of carbonyl (C=O) groups is 1. The molecule has 1 saturated carbocycles. The lowest BCUT2D eigenvalue weighted by molar-refractivity contribution is -0.126. The van der Waals surface area contributed by atoms with E-state index in [1.54, 1.807) is 6.07 Å². The monoisotopic (exact) mass is 362 g/mol. The standard InChI is InChI=1S/C20H23FN2O.ClH/c21-17-10-4-8-15(12-17)19(14-6-2-1-3-7-14)23-20(24)18-11-5-9-16(18)13-22;/h1-4,6-8,10,12,16,18-19H,5,9,11,13,22H2,(H,23,24);1H/t16-,18-,19?;/m1./s1. The number of carbonyl (C=O) groups excluding carboxylic acids is 1. The van der Waals surface area contributed by atoms with Crippen molar-refractivity contribution >= 4 is 18.3 Å². The maximum absolute atomic E-state index is 13.7. The van der Waals surface area contributed by atoms with E-state index in [1.165, 1.54) is 12.1 Å². The van der Waals surface area contributed by atoms with E-state index in [9.17, 15) is 9.18 Å². The van der Waals surface area contributed by atoms with Gasteiger partial charge in [-0.05, 0) is 48.6 Å². The molecule has 0 bridgehead atoms. The third-order valence-corrected chi connectivity index (χ3v) is 4.90. The summed E-state index contributed by atoms with van der Waals surface area (Å²) >= 11 is 0. The second-order valence-electron chi connectivity index (χ2n) is 6.44. The van der Waals surface area contributed by atoms with Gasteiger partial charge in [0.15, 0.2) is 0 Å². The Hall–Kier alpha value is -1.91. The fourth-order valence-corrected chi connectivity index (χ4v) is 3.60. The van der Waals surface area contributed by atoms with E-state index in [0.717, 1.165) is 30.4 Å². The Morgan fingerprint density at radius 3 is 2.52 bits per heavy atom. The van der Waals surface area contributed by atoms with Crippen molar-refractivity contribution in [2.24, 2.45) is 17.6 Å². The van der Waals surface area contributed by atoms with Crippen molar-refractivity contribution in [3.63, 3.8) is 0 Å². The Bertz CT molecular complexity index is 695. The fourth-order valence-electron chi connectivity index (χ4n) is 3.60. The molecule has 0 aromatic heterocycles. The molecule has 1 aliphatic rings. The minimum absolute atomic E-state index is 0. The Morgan fingerprint density at radius 1 is 1.12 bits per heavy atom. The maximum Gasteiger partial charge on any atom is 0.224 e. The van der Waals surface area contributed by atoms with Crippen molar-refractivity contribution in [1.29, 1.82) is 0 Å². The van der Waals surface area contributed by atoms with Gasteiger partial charge in [-0.25, -0.2) is 4.39 Å². The lowest BCUT2D eigenvalue weighted by Crippen LogP contribution is -2.37. The van der Waals surface area contributed by atoms with Crippen LogP contribution in [0.15, 0.2) is 54.6 Å². The molecule has 1 amide bonds. The smallest absolute Gasteiger partial charge is 0.224 e. The Balaban J connectivity index is 0.00000225. The third-order valence-electron chi connectivity index (χ3n) is 4.90. The number of rotatable bonds is 5. The maximum atomic E-state index is 13.7. The number of hydrogen-bond donors (Lipinski definition) is 2. The highest BCUT2D eigenvalue weighted by Gasteiger charge is 2.33. The first-order valence-electron chi connectivity index (χ1n) is 8.50. The van der Waals surface area contributed by atoms with Crippen molar-refractivity contribution in [1.82, 2.24) is 5.32 Å². The summed E-state index contributed by atoms with van der Waals surface area (Å²) < 4.78 is 13.7. The first kappa shape index (κ1) is 19.4. The highest BCUT2D eigenvalue weighted by Crippen LogP contribution is 2.32. The number of amides is 1. The van der Waals surface area contributed by atoms with Crippen LogP contribution in [0.4, 0.5) is 4.39 Å². The van der Waals surface area contributed by atoms with Gasteiger partial charge in [0.25, 0.3) is 0 Å². The third kappa shape index (κ3) is 4.59. The summed E-state index contributed by atoms with van der Waals surface area (Å²) in [6.07, 6.45) is 2.92. The predicted molar refractivity (Wildman–Crippen MR) is 100.0 cm³/mol. The summed E-state index contributed by atoms with van der Waals surface area (Å²) in [6.45, 7) is 0.536. The highest BCUT2D eigenvalue weighted by atomic mass is 35.5. The van der Waals surface area contributed by atoms with Gasteiger partial charge in [0.1, 0.15) is 5.82 Å². The van der Waals surface area contributed by atoms with Crippen LogP contribution in [0.1, 0.15) is 36.4 Å². The van der Waals surface area contributed by atoms with Gasteiger partial charge in [0, 0.05) is 5.92 Å². The fraction of sp³-hybridized carbons (Fsp3) is 0.350. The van der Waals surface area contributed by atoms with Gasteiger partial charge in [-0.1, -0.05) is 48.9 Å². The average Bonchev–Trinajstić information content (AvgIpc) is 3.09. The second kappa shape index (κ2) is 8.97. The van der Waals surface area contributed by atoms with Crippen LogP contribution in [0.2, 0.25) is 0 Å². The molecule has 0 aliphatic heterocycles. The van der Waals surface area contributed by atoms with Crippen molar-refractivity contribution < 1.29 is 9.18 Å². The van der Waals surface area contributed by atoms with Gasteiger partial charge in [-0.15, -0.1) is 12.4 Å². The minimum atomic E-state index is -0.353. The van der Waals surface area contributed by atoms with Gasteiger partial charge in [0.05, 0.1) is 6.04 Å². The van der Waals surface area contributed by atoms with Crippen molar-refractivity contribution in [3.05, 3.63) is 71.5 Å². The van der Waals surface area contributed by atoms with Gasteiger partial charge < -0.3 is 11.1 Å². The van der Waals surface area contributed by atoms with Crippen LogP contribution in [0.5, 0.6) is 0 Å². The number of benzene rings is 2. The van der Waals surface area contributed by atoms with Gasteiger partial charge in [-0.2, -0.15) is 0 Å². The van der Waals surface area contributed by atoms with Crippen LogP contribution in [0.3, 0.4) is 0 Å². The largest absolute Gasteiger partial charge is 0.345 e. The molecule has 1 fully saturated rings. The van der Waals surface area contributed by atoms with E-state index in [0.29, 0.717) is 6.54 Å². The second-order valence-corrected chi connectivity index (χ2v) is 6.44. The van der Waals surface area contributed by atoms with E-state index in [-0.39, 0.29) is 42.0 Å². The van der Waals surface area contributed by atoms with E-state index in [4.69, 9.17) is 5.73 Å². The molecule has 0 heterocycles. The summed E-state index contributed by atoms with van der Waals surface area (Å²) in [6, 6.07) is 15.7. The quantitative estimate of drug-likeness (QED) is 0.849. The summed E-state index contributed by atoms with van der Waals surface area (Å²) in [5.74, 6) is -0.0897.